The first-order chi connectivity index (χ1) is 11.6. The Balaban J connectivity index is 1.63. The van der Waals surface area contributed by atoms with Gasteiger partial charge in [0.05, 0.1) is 0 Å². The van der Waals surface area contributed by atoms with Crippen LogP contribution in [0.25, 0.3) is 10.8 Å². The molecule has 0 heterocycles. The number of nitrogens with one attached hydrogen (secondary N) is 1. The lowest BCUT2D eigenvalue weighted by molar-refractivity contribution is 0.0948. The van der Waals surface area contributed by atoms with E-state index in [-0.39, 0.29) is 5.91 Å². The Labute approximate surface area is 156 Å². The molecule has 0 unspecified atom stereocenters. The molecule has 2 nitrogen and oxygen atoms in total. The first-order valence-corrected chi connectivity index (χ1v) is 9.22. The number of rotatable bonds is 5. The molecular formula is C21H20INO. The second-order valence-electron chi connectivity index (χ2n) is 6.17. The van der Waals surface area contributed by atoms with Crippen molar-refractivity contribution < 1.29 is 4.79 Å². The van der Waals surface area contributed by atoms with Crippen molar-refractivity contribution >= 4 is 39.3 Å². The van der Waals surface area contributed by atoms with Gasteiger partial charge in [-0.2, -0.15) is 0 Å². The van der Waals surface area contributed by atoms with E-state index in [4.69, 9.17) is 0 Å². The smallest absolute Gasteiger partial charge is 0.251 e. The molecule has 1 amide bonds. The Hall–Kier alpha value is -1.88. The molecule has 0 saturated heterocycles. The largest absolute Gasteiger partial charge is 0.352 e. The fourth-order valence-electron chi connectivity index (χ4n) is 2.92. The van der Waals surface area contributed by atoms with Gasteiger partial charge in [-0.1, -0.05) is 55.5 Å². The van der Waals surface area contributed by atoms with Gasteiger partial charge < -0.3 is 5.32 Å². The van der Waals surface area contributed by atoms with Crippen LogP contribution in [0.5, 0.6) is 0 Å². The van der Waals surface area contributed by atoms with Crippen LogP contribution in [0, 0.1) is 9.49 Å². The summed E-state index contributed by atoms with van der Waals surface area (Å²) >= 11 is 2.22. The van der Waals surface area contributed by atoms with Crippen molar-refractivity contribution in [2.45, 2.75) is 13.3 Å². The third-order valence-corrected chi connectivity index (χ3v) is 4.82. The minimum Gasteiger partial charge on any atom is -0.352 e. The standard InChI is InChI=1S/C21H20INO/c1-15(14-23-21(24)18-9-5-10-19(22)13-18)12-17-8-4-7-16-6-2-3-11-20(16)17/h2-11,13,15H,12,14H2,1H3,(H,23,24)/t15-/m0/s1. The van der Waals surface area contributed by atoms with E-state index in [1.54, 1.807) is 0 Å². The maximum atomic E-state index is 12.3. The number of benzene rings is 3. The van der Waals surface area contributed by atoms with Gasteiger partial charge in [0.1, 0.15) is 0 Å². The molecule has 1 atom stereocenters. The lowest BCUT2D eigenvalue weighted by Crippen LogP contribution is -2.29. The molecule has 0 spiro atoms. The van der Waals surface area contributed by atoms with Crippen LogP contribution in [0.2, 0.25) is 0 Å². The SMILES string of the molecule is C[C@H](CNC(=O)c1cccc(I)c1)Cc1cccc2ccccc12. The van der Waals surface area contributed by atoms with Crippen LogP contribution < -0.4 is 5.32 Å². The summed E-state index contributed by atoms with van der Waals surface area (Å²) in [4.78, 5) is 12.3. The third kappa shape index (κ3) is 4.15. The molecule has 0 bridgehead atoms. The van der Waals surface area contributed by atoms with E-state index in [1.165, 1.54) is 16.3 Å². The topological polar surface area (TPSA) is 29.1 Å². The second kappa shape index (κ2) is 7.79. The highest BCUT2D eigenvalue weighted by Crippen LogP contribution is 2.21. The Morgan fingerprint density at radius 3 is 2.62 bits per heavy atom. The molecule has 0 aliphatic carbocycles. The average molecular weight is 429 g/mol. The monoisotopic (exact) mass is 429 g/mol. The van der Waals surface area contributed by atoms with E-state index in [1.807, 2.05) is 24.3 Å². The van der Waals surface area contributed by atoms with Crippen LogP contribution in [0.1, 0.15) is 22.8 Å². The van der Waals surface area contributed by atoms with Gasteiger partial charge in [0, 0.05) is 15.7 Å². The molecule has 3 rings (SSSR count). The van der Waals surface area contributed by atoms with E-state index >= 15 is 0 Å². The van der Waals surface area contributed by atoms with Crippen molar-refractivity contribution in [1.29, 1.82) is 0 Å². The van der Waals surface area contributed by atoms with Crippen molar-refractivity contribution in [3.63, 3.8) is 0 Å². The van der Waals surface area contributed by atoms with Gasteiger partial charge in [0.2, 0.25) is 0 Å². The van der Waals surface area contributed by atoms with Crippen LogP contribution in [0.4, 0.5) is 0 Å². The summed E-state index contributed by atoms with van der Waals surface area (Å²) in [5, 5.41) is 5.62. The predicted molar refractivity (Wildman–Crippen MR) is 108 cm³/mol. The highest BCUT2D eigenvalue weighted by molar-refractivity contribution is 14.1. The van der Waals surface area contributed by atoms with Crippen molar-refractivity contribution in [2.24, 2.45) is 5.92 Å². The number of amides is 1. The quantitative estimate of drug-likeness (QED) is 0.565. The van der Waals surface area contributed by atoms with Crippen LogP contribution in [0.3, 0.4) is 0 Å². The van der Waals surface area contributed by atoms with Gasteiger partial charge >= 0.3 is 0 Å². The first-order valence-electron chi connectivity index (χ1n) is 8.14. The Kier molecular flexibility index (Phi) is 5.51. The third-order valence-electron chi connectivity index (χ3n) is 4.15. The maximum Gasteiger partial charge on any atom is 0.251 e. The summed E-state index contributed by atoms with van der Waals surface area (Å²) in [7, 11) is 0. The maximum absolute atomic E-state index is 12.3. The molecule has 0 radical (unpaired) electrons. The molecule has 0 saturated carbocycles. The lowest BCUT2D eigenvalue weighted by Gasteiger charge is -2.14. The summed E-state index contributed by atoms with van der Waals surface area (Å²) in [6.07, 6.45) is 0.952. The van der Waals surface area contributed by atoms with Gasteiger partial charge in [0.25, 0.3) is 5.91 Å². The zero-order valence-electron chi connectivity index (χ0n) is 13.6. The van der Waals surface area contributed by atoms with E-state index in [0.717, 1.165) is 15.6 Å². The van der Waals surface area contributed by atoms with Gasteiger partial charge in [-0.3, -0.25) is 4.79 Å². The molecule has 1 N–H and O–H groups in total. The minimum absolute atomic E-state index is 0.00159. The summed E-state index contributed by atoms with van der Waals surface area (Å²) in [5.74, 6) is 0.376. The van der Waals surface area contributed by atoms with Crippen molar-refractivity contribution in [2.75, 3.05) is 6.54 Å². The number of hydrogen-bond acceptors (Lipinski definition) is 1. The molecule has 3 aromatic carbocycles. The molecule has 0 fully saturated rings. The highest BCUT2D eigenvalue weighted by atomic mass is 127. The molecule has 0 aliphatic heterocycles. The summed E-state index contributed by atoms with van der Waals surface area (Å²) in [5.41, 5.74) is 2.06. The van der Waals surface area contributed by atoms with Gasteiger partial charge in [-0.05, 0) is 69.5 Å². The molecule has 122 valence electrons. The normalized spacial score (nSPS) is 12.1. The lowest BCUT2D eigenvalue weighted by atomic mass is 9.96. The molecule has 3 aromatic rings. The predicted octanol–water partition coefficient (Wildman–Crippen LogP) is 5.05. The van der Waals surface area contributed by atoms with Gasteiger partial charge in [0.15, 0.2) is 0 Å². The molecule has 0 aromatic heterocycles. The molecule has 0 aliphatic rings. The highest BCUT2D eigenvalue weighted by Gasteiger charge is 2.10. The minimum atomic E-state index is -0.00159. The Morgan fingerprint density at radius 1 is 1.04 bits per heavy atom. The van der Waals surface area contributed by atoms with E-state index < -0.39 is 0 Å². The van der Waals surface area contributed by atoms with Crippen molar-refractivity contribution in [1.82, 2.24) is 5.32 Å². The van der Waals surface area contributed by atoms with Gasteiger partial charge in [-0.15, -0.1) is 0 Å². The molecule has 3 heteroatoms. The number of carbonyl (C=O) groups is 1. The van der Waals surface area contributed by atoms with E-state index in [2.05, 4.69) is 77.3 Å². The van der Waals surface area contributed by atoms with Crippen molar-refractivity contribution in [3.8, 4) is 0 Å². The summed E-state index contributed by atoms with van der Waals surface area (Å²) in [6, 6.07) is 22.5. The number of halogens is 1. The summed E-state index contributed by atoms with van der Waals surface area (Å²) in [6.45, 7) is 2.85. The number of hydrogen-bond donors (Lipinski definition) is 1. The molecule has 24 heavy (non-hydrogen) atoms. The van der Waals surface area contributed by atoms with Crippen LogP contribution in [0.15, 0.2) is 66.7 Å². The number of carbonyl (C=O) groups excluding carboxylic acids is 1. The zero-order valence-corrected chi connectivity index (χ0v) is 15.8. The number of fused-ring (bicyclic) bond motifs is 1. The van der Waals surface area contributed by atoms with Gasteiger partial charge in [-0.25, -0.2) is 0 Å². The molecular weight excluding hydrogens is 409 g/mol. The van der Waals surface area contributed by atoms with Crippen molar-refractivity contribution in [3.05, 3.63) is 81.4 Å². The Bertz CT molecular complexity index is 854. The van der Waals surface area contributed by atoms with Crippen LogP contribution >= 0.6 is 22.6 Å². The zero-order chi connectivity index (χ0) is 16.9. The van der Waals surface area contributed by atoms with E-state index in [0.29, 0.717) is 12.5 Å². The Morgan fingerprint density at radius 2 is 1.79 bits per heavy atom. The first kappa shape index (κ1) is 17.0. The summed E-state index contributed by atoms with van der Waals surface area (Å²) < 4.78 is 1.07. The fraction of sp³-hybridized carbons (Fsp3) is 0.190. The average Bonchev–Trinajstić information content (AvgIpc) is 2.60. The van der Waals surface area contributed by atoms with Crippen LogP contribution in [-0.2, 0) is 6.42 Å². The van der Waals surface area contributed by atoms with Crippen LogP contribution in [-0.4, -0.2) is 12.5 Å². The second-order valence-corrected chi connectivity index (χ2v) is 7.41. The van der Waals surface area contributed by atoms with E-state index in [9.17, 15) is 4.79 Å². The fourth-order valence-corrected chi connectivity index (χ4v) is 3.46.